The van der Waals surface area contributed by atoms with E-state index in [9.17, 15) is 0 Å². The number of aryl methyl sites for hydroxylation is 2. The van der Waals surface area contributed by atoms with Gasteiger partial charge in [-0.3, -0.25) is 4.99 Å². The van der Waals surface area contributed by atoms with Crippen molar-refractivity contribution in [3.63, 3.8) is 0 Å². The third-order valence-electron chi connectivity index (χ3n) is 5.02. The quantitative estimate of drug-likeness (QED) is 0.166. The Hall–Kier alpha value is -2.39. The molecule has 0 fully saturated rings. The fourth-order valence-corrected chi connectivity index (χ4v) is 3.44. The van der Waals surface area contributed by atoms with E-state index in [-0.39, 0.29) is 24.0 Å². The van der Waals surface area contributed by atoms with Crippen molar-refractivity contribution < 1.29 is 4.74 Å². The van der Waals surface area contributed by atoms with Crippen molar-refractivity contribution in [1.29, 1.82) is 0 Å². The second-order valence-corrected chi connectivity index (χ2v) is 7.57. The maximum absolute atomic E-state index is 5.74. The van der Waals surface area contributed by atoms with Crippen molar-refractivity contribution >= 4 is 29.9 Å². The van der Waals surface area contributed by atoms with Crippen LogP contribution in [0.3, 0.4) is 0 Å². The lowest BCUT2D eigenvalue weighted by Crippen LogP contribution is -2.37. The summed E-state index contributed by atoms with van der Waals surface area (Å²) in [4.78, 5) is 4.34. The molecule has 2 aromatic carbocycles. The average molecular weight is 547 g/mol. The molecule has 0 aliphatic carbocycles. The number of aliphatic imine (C=N–C) groups is 1. The standard InChI is InChI=1S/C25H33N5O.HI/c1-20-17-21(2)30(29-20)24-14-8-7-13-23(24)18-28-25(26-3)27-15-9-10-16-31-19-22-11-5-4-6-12-22;/h4-8,11-14,17H,9-10,15-16,18-19H2,1-3H3,(H2,26,27,28);1H. The van der Waals surface area contributed by atoms with Crippen molar-refractivity contribution in [1.82, 2.24) is 20.4 Å². The van der Waals surface area contributed by atoms with Gasteiger partial charge in [0.1, 0.15) is 0 Å². The molecule has 2 N–H and O–H groups in total. The number of halogens is 1. The minimum Gasteiger partial charge on any atom is -0.377 e. The molecule has 32 heavy (non-hydrogen) atoms. The van der Waals surface area contributed by atoms with Crippen LogP contribution in [-0.4, -0.2) is 35.9 Å². The summed E-state index contributed by atoms with van der Waals surface area (Å²) in [5.41, 5.74) is 5.62. The van der Waals surface area contributed by atoms with Gasteiger partial charge in [0, 0.05) is 32.4 Å². The molecule has 0 unspecified atom stereocenters. The Balaban J connectivity index is 0.00000363. The lowest BCUT2D eigenvalue weighted by molar-refractivity contribution is 0.117. The molecule has 0 radical (unpaired) electrons. The van der Waals surface area contributed by atoms with Gasteiger partial charge in [0.25, 0.3) is 0 Å². The van der Waals surface area contributed by atoms with Crippen LogP contribution in [0.2, 0.25) is 0 Å². The molecule has 0 saturated carbocycles. The monoisotopic (exact) mass is 547 g/mol. The number of para-hydroxylation sites is 1. The molecule has 1 aromatic heterocycles. The number of hydrogen-bond acceptors (Lipinski definition) is 3. The summed E-state index contributed by atoms with van der Waals surface area (Å²) in [5.74, 6) is 0.799. The normalized spacial score (nSPS) is 11.2. The first kappa shape index (κ1) is 25.9. The minimum absolute atomic E-state index is 0. The molecule has 3 rings (SSSR count). The zero-order valence-corrected chi connectivity index (χ0v) is 21.5. The molecule has 0 aliphatic heterocycles. The Kier molecular flexibility index (Phi) is 11.2. The van der Waals surface area contributed by atoms with E-state index in [0.717, 1.165) is 49.0 Å². The first-order valence-electron chi connectivity index (χ1n) is 10.8. The van der Waals surface area contributed by atoms with Gasteiger partial charge in [-0.2, -0.15) is 5.10 Å². The number of guanidine groups is 1. The topological polar surface area (TPSA) is 63.5 Å². The van der Waals surface area contributed by atoms with E-state index in [1.165, 1.54) is 11.1 Å². The third-order valence-corrected chi connectivity index (χ3v) is 5.02. The van der Waals surface area contributed by atoms with E-state index in [1.54, 1.807) is 7.05 Å². The third kappa shape index (κ3) is 7.94. The van der Waals surface area contributed by atoms with Gasteiger partial charge in [0.15, 0.2) is 5.96 Å². The van der Waals surface area contributed by atoms with E-state index < -0.39 is 0 Å². The molecular weight excluding hydrogens is 513 g/mol. The largest absolute Gasteiger partial charge is 0.377 e. The van der Waals surface area contributed by atoms with Gasteiger partial charge in [-0.1, -0.05) is 48.5 Å². The number of nitrogens with zero attached hydrogens (tertiary/aromatic N) is 3. The smallest absolute Gasteiger partial charge is 0.191 e. The van der Waals surface area contributed by atoms with Crippen molar-refractivity contribution in [3.05, 3.63) is 83.2 Å². The lowest BCUT2D eigenvalue weighted by Gasteiger charge is -2.15. The molecule has 0 aliphatic rings. The predicted octanol–water partition coefficient (Wildman–Crippen LogP) is 4.77. The summed E-state index contributed by atoms with van der Waals surface area (Å²) < 4.78 is 7.74. The molecule has 7 heteroatoms. The average Bonchev–Trinajstić information content (AvgIpc) is 3.13. The Labute approximate surface area is 208 Å². The SMILES string of the molecule is CN=C(NCCCCOCc1ccccc1)NCc1ccccc1-n1nc(C)cc1C.I. The highest BCUT2D eigenvalue weighted by Crippen LogP contribution is 2.16. The van der Waals surface area contributed by atoms with Gasteiger partial charge in [0.2, 0.25) is 0 Å². The molecule has 3 aromatic rings. The van der Waals surface area contributed by atoms with Crippen LogP contribution in [0.1, 0.15) is 35.4 Å². The summed E-state index contributed by atoms with van der Waals surface area (Å²) in [7, 11) is 1.80. The molecule has 0 spiro atoms. The van der Waals surface area contributed by atoms with Crippen LogP contribution in [0, 0.1) is 13.8 Å². The van der Waals surface area contributed by atoms with Gasteiger partial charge in [-0.25, -0.2) is 4.68 Å². The molecule has 0 saturated heterocycles. The molecule has 0 amide bonds. The second-order valence-electron chi connectivity index (χ2n) is 7.57. The van der Waals surface area contributed by atoms with Crippen LogP contribution >= 0.6 is 24.0 Å². The van der Waals surface area contributed by atoms with Gasteiger partial charge >= 0.3 is 0 Å². The second kappa shape index (κ2) is 13.9. The zero-order valence-electron chi connectivity index (χ0n) is 19.2. The van der Waals surface area contributed by atoms with E-state index in [2.05, 4.69) is 64.0 Å². The zero-order chi connectivity index (χ0) is 21.9. The van der Waals surface area contributed by atoms with Crippen LogP contribution < -0.4 is 10.6 Å². The van der Waals surface area contributed by atoms with Gasteiger partial charge in [-0.15, -0.1) is 24.0 Å². The number of ether oxygens (including phenoxy) is 1. The summed E-state index contributed by atoms with van der Waals surface area (Å²) in [6.45, 7) is 7.06. The van der Waals surface area contributed by atoms with Crippen LogP contribution in [0.15, 0.2) is 65.7 Å². The molecule has 1 heterocycles. The molecule has 0 atom stereocenters. The highest BCUT2D eigenvalue weighted by Gasteiger charge is 2.09. The molecule has 172 valence electrons. The highest BCUT2D eigenvalue weighted by atomic mass is 127. The van der Waals surface area contributed by atoms with Crippen molar-refractivity contribution in [3.8, 4) is 5.69 Å². The van der Waals surface area contributed by atoms with E-state index >= 15 is 0 Å². The van der Waals surface area contributed by atoms with Gasteiger partial charge in [0.05, 0.1) is 18.0 Å². The summed E-state index contributed by atoms with van der Waals surface area (Å²) in [6.07, 6.45) is 2.04. The van der Waals surface area contributed by atoms with E-state index in [0.29, 0.717) is 13.2 Å². The first-order chi connectivity index (χ1) is 15.2. The Morgan fingerprint density at radius 3 is 2.47 bits per heavy atom. The van der Waals surface area contributed by atoms with E-state index in [4.69, 9.17) is 4.74 Å². The Morgan fingerprint density at radius 2 is 1.75 bits per heavy atom. The Bertz CT molecular complexity index is 971. The number of rotatable bonds is 10. The van der Waals surface area contributed by atoms with Gasteiger partial charge in [-0.05, 0) is 49.9 Å². The maximum atomic E-state index is 5.74. The van der Waals surface area contributed by atoms with E-state index in [1.807, 2.05) is 35.9 Å². The fourth-order valence-electron chi connectivity index (χ4n) is 3.44. The predicted molar refractivity (Wildman–Crippen MR) is 142 cm³/mol. The Morgan fingerprint density at radius 1 is 1.00 bits per heavy atom. The first-order valence-corrected chi connectivity index (χ1v) is 10.8. The summed E-state index contributed by atoms with van der Waals surface area (Å²) in [6, 6.07) is 20.7. The van der Waals surface area contributed by atoms with Gasteiger partial charge < -0.3 is 15.4 Å². The summed E-state index contributed by atoms with van der Waals surface area (Å²) in [5, 5.41) is 11.4. The number of nitrogens with one attached hydrogen (secondary N) is 2. The van der Waals surface area contributed by atoms with Crippen LogP contribution in [-0.2, 0) is 17.9 Å². The maximum Gasteiger partial charge on any atom is 0.191 e. The number of aromatic nitrogens is 2. The highest BCUT2D eigenvalue weighted by molar-refractivity contribution is 14.0. The molecule has 6 nitrogen and oxygen atoms in total. The summed E-state index contributed by atoms with van der Waals surface area (Å²) >= 11 is 0. The lowest BCUT2D eigenvalue weighted by atomic mass is 10.1. The van der Waals surface area contributed by atoms with Crippen LogP contribution in [0.4, 0.5) is 0 Å². The van der Waals surface area contributed by atoms with Crippen LogP contribution in [0.25, 0.3) is 5.69 Å². The minimum atomic E-state index is 0. The number of hydrogen-bond donors (Lipinski definition) is 2. The number of benzene rings is 2. The molecular formula is C25H34IN5O. The van der Waals surface area contributed by atoms with Crippen molar-refractivity contribution in [2.45, 2.75) is 39.8 Å². The number of unbranched alkanes of at least 4 members (excludes halogenated alkanes) is 1. The van der Waals surface area contributed by atoms with Crippen molar-refractivity contribution in [2.24, 2.45) is 4.99 Å². The van der Waals surface area contributed by atoms with Crippen LogP contribution in [0.5, 0.6) is 0 Å². The van der Waals surface area contributed by atoms with Crippen molar-refractivity contribution in [2.75, 3.05) is 20.2 Å². The fraction of sp³-hybridized carbons (Fsp3) is 0.360. The molecule has 0 bridgehead atoms.